The van der Waals surface area contributed by atoms with Crippen LogP contribution in [0.1, 0.15) is 26.3 Å². The van der Waals surface area contributed by atoms with Crippen LogP contribution in [0.4, 0.5) is 5.69 Å². The Bertz CT molecular complexity index is 704. The highest BCUT2D eigenvalue weighted by Crippen LogP contribution is 2.19. The van der Waals surface area contributed by atoms with Crippen molar-refractivity contribution in [2.24, 2.45) is 0 Å². The van der Waals surface area contributed by atoms with Crippen LogP contribution in [0.5, 0.6) is 11.5 Å². The van der Waals surface area contributed by atoms with Gasteiger partial charge >= 0.3 is 0 Å². The van der Waals surface area contributed by atoms with Crippen LogP contribution in [0.3, 0.4) is 0 Å². The van der Waals surface area contributed by atoms with Crippen molar-refractivity contribution in [2.75, 3.05) is 11.9 Å². The predicted molar refractivity (Wildman–Crippen MR) is 108 cm³/mol. The molecule has 0 heterocycles. The quantitative estimate of drug-likeness (QED) is 0.712. The number of aryl methyl sites for hydroxylation is 1. The minimum absolute atomic E-state index is 0.0784. The second kappa shape index (κ2) is 9.28. The summed E-state index contributed by atoms with van der Waals surface area (Å²) in [5.74, 6) is 1.72. The minimum Gasteiger partial charge on any atom is -0.491 e. The second-order valence-corrected chi connectivity index (χ2v) is 6.68. The van der Waals surface area contributed by atoms with Crippen LogP contribution < -0.4 is 20.1 Å². The van der Waals surface area contributed by atoms with Gasteiger partial charge in [-0.3, -0.25) is 0 Å². The molecule has 0 aliphatic rings. The van der Waals surface area contributed by atoms with Crippen molar-refractivity contribution < 1.29 is 9.47 Å². The molecule has 0 unspecified atom stereocenters. The van der Waals surface area contributed by atoms with Gasteiger partial charge < -0.3 is 20.1 Å². The van der Waals surface area contributed by atoms with Crippen molar-refractivity contribution in [1.29, 1.82) is 0 Å². The van der Waals surface area contributed by atoms with Gasteiger partial charge in [-0.2, -0.15) is 0 Å². The van der Waals surface area contributed by atoms with Crippen molar-refractivity contribution >= 4 is 23.0 Å². The highest BCUT2D eigenvalue weighted by atomic mass is 32.1. The molecule has 0 aromatic heterocycles. The summed E-state index contributed by atoms with van der Waals surface area (Å²) < 4.78 is 11.5. The topological polar surface area (TPSA) is 42.5 Å². The van der Waals surface area contributed by atoms with Crippen LogP contribution in [0.2, 0.25) is 0 Å². The van der Waals surface area contributed by atoms with E-state index in [1.807, 2.05) is 76.2 Å². The highest BCUT2D eigenvalue weighted by Gasteiger charge is 2.07. The van der Waals surface area contributed by atoms with E-state index in [0.29, 0.717) is 11.7 Å². The first-order valence-corrected chi connectivity index (χ1v) is 8.87. The van der Waals surface area contributed by atoms with Gasteiger partial charge in [0.15, 0.2) is 5.11 Å². The normalized spacial score (nSPS) is 11.7. The van der Waals surface area contributed by atoms with E-state index in [2.05, 4.69) is 10.6 Å². The summed E-state index contributed by atoms with van der Waals surface area (Å²) in [6.07, 6.45) is 0.138. The lowest BCUT2D eigenvalue weighted by Crippen LogP contribution is -2.39. The lowest BCUT2D eigenvalue weighted by molar-refractivity contribution is 0.242. The van der Waals surface area contributed by atoms with Crippen molar-refractivity contribution in [3.8, 4) is 11.5 Å². The molecule has 0 amide bonds. The summed E-state index contributed by atoms with van der Waals surface area (Å²) in [6.45, 7) is 8.60. The van der Waals surface area contributed by atoms with E-state index in [1.165, 1.54) is 0 Å². The number of nitrogens with one attached hydrogen (secondary N) is 2. The van der Waals surface area contributed by atoms with Crippen LogP contribution in [0.15, 0.2) is 48.5 Å². The molecule has 25 heavy (non-hydrogen) atoms. The number of rotatable bonds is 7. The number of ether oxygens (including phenoxy) is 2. The lowest BCUT2D eigenvalue weighted by atomic mass is 10.2. The largest absolute Gasteiger partial charge is 0.491 e. The van der Waals surface area contributed by atoms with Crippen LogP contribution in [-0.2, 0) is 0 Å². The maximum Gasteiger partial charge on any atom is 0.171 e. The third kappa shape index (κ3) is 6.63. The molecule has 0 saturated heterocycles. The Kier molecular flexibility index (Phi) is 7.07. The molecule has 134 valence electrons. The smallest absolute Gasteiger partial charge is 0.171 e. The Hall–Kier alpha value is -2.27. The van der Waals surface area contributed by atoms with E-state index >= 15 is 0 Å². The minimum atomic E-state index is 0.0784. The number of hydrogen-bond acceptors (Lipinski definition) is 3. The molecule has 0 radical (unpaired) electrons. The van der Waals surface area contributed by atoms with Crippen molar-refractivity contribution in [3.63, 3.8) is 0 Å². The first-order chi connectivity index (χ1) is 11.9. The molecule has 5 heteroatoms. The van der Waals surface area contributed by atoms with Gasteiger partial charge in [0, 0.05) is 11.8 Å². The zero-order valence-corrected chi connectivity index (χ0v) is 16.0. The van der Waals surface area contributed by atoms with Gasteiger partial charge in [-0.15, -0.1) is 0 Å². The van der Waals surface area contributed by atoms with Gasteiger partial charge in [-0.05, 0) is 63.7 Å². The Balaban J connectivity index is 1.82. The Morgan fingerprint density at radius 3 is 2.56 bits per heavy atom. The molecule has 0 bridgehead atoms. The van der Waals surface area contributed by atoms with Gasteiger partial charge in [0.2, 0.25) is 0 Å². The fourth-order valence-corrected chi connectivity index (χ4v) is 2.60. The summed E-state index contributed by atoms with van der Waals surface area (Å²) in [4.78, 5) is 0. The number of hydrogen-bond donors (Lipinski definition) is 2. The first-order valence-electron chi connectivity index (χ1n) is 8.46. The SMILES string of the molecule is Cc1ccccc1OC[C@@H](C)NC(=S)Nc1cccc(OC(C)C)c1. The van der Waals surface area contributed by atoms with Crippen LogP contribution in [-0.4, -0.2) is 23.9 Å². The van der Waals surface area contributed by atoms with Gasteiger partial charge in [-0.1, -0.05) is 24.3 Å². The van der Waals surface area contributed by atoms with E-state index in [0.717, 1.165) is 22.7 Å². The first kappa shape index (κ1) is 19.1. The molecular weight excluding hydrogens is 332 g/mol. The van der Waals surface area contributed by atoms with E-state index in [9.17, 15) is 0 Å². The molecule has 2 aromatic carbocycles. The Morgan fingerprint density at radius 1 is 1.08 bits per heavy atom. The molecular formula is C20H26N2O2S. The van der Waals surface area contributed by atoms with Crippen LogP contribution >= 0.6 is 12.2 Å². The molecule has 2 N–H and O–H groups in total. The number of thiocarbonyl (C=S) groups is 1. The van der Waals surface area contributed by atoms with Crippen LogP contribution in [0.25, 0.3) is 0 Å². The summed E-state index contributed by atoms with van der Waals surface area (Å²) in [5.41, 5.74) is 2.01. The fourth-order valence-electron chi connectivity index (χ4n) is 2.29. The highest BCUT2D eigenvalue weighted by molar-refractivity contribution is 7.80. The maximum absolute atomic E-state index is 5.84. The third-order valence-electron chi connectivity index (χ3n) is 3.42. The van der Waals surface area contributed by atoms with E-state index in [4.69, 9.17) is 21.7 Å². The molecule has 0 aliphatic carbocycles. The molecule has 0 saturated carbocycles. The second-order valence-electron chi connectivity index (χ2n) is 6.27. The molecule has 2 rings (SSSR count). The molecule has 4 nitrogen and oxygen atoms in total. The van der Waals surface area contributed by atoms with E-state index in [1.54, 1.807) is 0 Å². The summed E-state index contributed by atoms with van der Waals surface area (Å²) in [6, 6.07) is 15.8. The lowest BCUT2D eigenvalue weighted by Gasteiger charge is -2.19. The van der Waals surface area contributed by atoms with E-state index in [-0.39, 0.29) is 12.1 Å². The fraction of sp³-hybridized carbons (Fsp3) is 0.350. The third-order valence-corrected chi connectivity index (χ3v) is 3.64. The van der Waals surface area contributed by atoms with Gasteiger partial charge in [0.05, 0.1) is 12.1 Å². The van der Waals surface area contributed by atoms with E-state index < -0.39 is 0 Å². The number of anilines is 1. The monoisotopic (exact) mass is 358 g/mol. The van der Waals surface area contributed by atoms with Crippen LogP contribution in [0, 0.1) is 6.92 Å². The maximum atomic E-state index is 5.84. The zero-order valence-electron chi connectivity index (χ0n) is 15.2. The standard InChI is InChI=1S/C20H26N2O2S/c1-14(2)24-18-10-7-9-17(12-18)22-20(25)21-16(4)13-23-19-11-6-5-8-15(19)3/h5-12,14,16H,13H2,1-4H3,(H2,21,22,25)/t16-/m1/s1. The predicted octanol–water partition coefficient (Wildman–Crippen LogP) is 4.54. The van der Waals surface area contributed by atoms with Crippen molar-refractivity contribution in [2.45, 2.75) is 39.8 Å². The Morgan fingerprint density at radius 2 is 1.84 bits per heavy atom. The summed E-state index contributed by atoms with van der Waals surface area (Å²) in [5, 5.41) is 6.97. The molecule has 1 atom stereocenters. The molecule has 0 fully saturated rings. The Labute approximate surface area is 155 Å². The van der Waals surface area contributed by atoms with Crippen molar-refractivity contribution in [1.82, 2.24) is 5.32 Å². The van der Waals surface area contributed by atoms with Gasteiger partial charge in [0.1, 0.15) is 18.1 Å². The molecule has 0 aliphatic heterocycles. The average Bonchev–Trinajstić information content (AvgIpc) is 2.53. The summed E-state index contributed by atoms with van der Waals surface area (Å²) in [7, 11) is 0. The number of para-hydroxylation sites is 1. The van der Waals surface area contributed by atoms with Gasteiger partial charge in [-0.25, -0.2) is 0 Å². The molecule has 2 aromatic rings. The zero-order chi connectivity index (χ0) is 18.2. The number of benzene rings is 2. The van der Waals surface area contributed by atoms with Gasteiger partial charge in [0.25, 0.3) is 0 Å². The van der Waals surface area contributed by atoms with Crippen molar-refractivity contribution in [3.05, 3.63) is 54.1 Å². The molecule has 0 spiro atoms. The average molecular weight is 359 g/mol. The summed E-state index contributed by atoms with van der Waals surface area (Å²) >= 11 is 5.38.